The molecule has 5 aliphatic carbocycles. The molecule has 4 aliphatic heterocycles. The third-order valence-corrected chi connectivity index (χ3v) is 30.2. The van der Waals surface area contributed by atoms with E-state index in [-0.39, 0.29) is 47.3 Å². The number of hydrogen-bond donors (Lipinski definition) is 4. The highest BCUT2D eigenvalue weighted by molar-refractivity contribution is 5.85. The Hall–Kier alpha value is -12.0. The Balaban J connectivity index is 0.853. The number of fused-ring (bicyclic) bond motifs is 8. The van der Waals surface area contributed by atoms with E-state index in [0.717, 1.165) is 215 Å². The van der Waals surface area contributed by atoms with Gasteiger partial charge >= 0.3 is 0 Å². The molecule has 704 valence electrons. The molecular weight excluding hydrogens is 1680 g/mol. The summed E-state index contributed by atoms with van der Waals surface area (Å²) in [5.41, 5.74) is 14.9. The fraction of sp³-hybridized carbons (Fsp3) is 0.433. The standard InChI is InChI=1S/C120H136N8O8/c1-5-9-13-17-21-25-29-33-37-57-81-85-61-87-82(58-38-34-30-26-22-18-14-10-6-2)89-63-91-84(60-40-36-32-28-24-20-16-12-8-4)92-64-90-83(59-39-35-31-27-23-19-15-11-7-3)88-62-86(81)102-74-104(88)132-112-68-96-98(126-119(124-96)79-53-45-46-54-79)70-114(112)134-106(90)76-108(92)136-116-72-100-99(127-120(128-100)80-55-47-48-56-80)71-115(116)135-107(91)75-105(89)133-113-69-97-95(123-118(125-97)78-51-43-44-52-78)67-111(113)131-103(87)73-101(85)129-109-65-93-94(66-110(109)130-102)122-117(121-93)77-49-41-42-50-77/h41-56,61-84H,5-40,57-60H2,1-4H3,(H,121,122)(H,123,125)(H,124,126)(H,127,128). The van der Waals surface area contributed by atoms with Crippen LogP contribution in [0.4, 0.5) is 0 Å². The van der Waals surface area contributed by atoms with Crippen molar-refractivity contribution in [1.82, 2.24) is 39.9 Å². The van der Waals surface area contributed by atoms with Crippen molar-refractivity contribution in [3.63, 3.8) is 0 Å². The van der Waals surface area contributed by atoms with Gasteiger partial charge in [-0.1, -0.05) is 356 Å². The van der Waals surface area contributed by atoms with Crippen LogP contribution in [0.1, 0.15) is 400 Å². The van der Waals surface area contributed by atoms with E-state index in [2.05, 4.69) is 242 Å². The first kappa shape index (κ1) is 90.4. The Labute approximate surface area is 802 Å². The van der Waals surface area contributed by atoms with Crippen LogP contribution >= 0.6 is 0 Å². The van der Waals surface area contributed by atoms with Gasteiger partial charge in [-0.05, 0) is 49.9 Å². The van der Waals surface area contributed by atoms with Gasteiger partial charge in [-0.3, -0.25) is 0 Å². The number of allylic oxidation sites excluding steroid dienone is 16. The Morgan fingerprint density at radius 3 is 0.522 bits per heavy atom. The van der Waals surface area contributed by atoms with Gasteiger partial charge in [0.05, 0.1) is 67.8 Å². The van der Waals surface area contributed by atoms with Crippen molar-refractivity contribution in [1.29, 1.82) is 0 Å². The van der Waals surface area contributed by atoms with E-state index in [0.29, 0.717) is 92.0 Å². The fourth-order valence-electron chi connectivity index (χ4n) is 22.6. The zero-order valence-corrected chi connectivity index (χ0v) is 80.4. The molecule has 16 nitrogen and oxygen atoms in total. The Morgan fingerprint density at radius 2 is 0.346 bits per heavy atom. The minimum atomic E-state index is -0.314. The van der Waals surface area contributed by atoms with E-state index < -0.39 is 0 Å². The lowest BCUT2D eigenvalue weighted by Gasteiger charge is -2.30. The molecule has 0 fully saturated rings. The second kappa shape index (κ2) is 42.3. The van der Waals surface area contributed by atoms with Crippen molar-refractivity contribution in [2.24, 2.45) is 0 Å². The van der Waals surface area contributed by atoms with Crippen LogP contribution in [-0.4, -0.2) is 39.9 Å². The lowest BCUT2D eigenvalue weighted by atomic mass is 9.76. The summed E-state index contributed by atoms with van der Waals surface area (Å²) >= 11 is 0. The molecule has 136 heavy (non-hydrogen) atoms. The number of hydrogen-bond acceptors (Lipinski definition) is 12. The van der Waals surface area contributed by atoms with Crippen molar-refractivity contribution < 1.29 is 37.9 Å². The van der Waals surface area contributed by atoms with Crippen molar-refractivity contribution >= 4 is 44.1 Å². The largest absolute Gasteiger partial charge is 0.453 e. The highest BCUT2D eigenvalue weighted by Crippen LogP contribution is 2.61. The summed E-state index contributed by atoms with van der Waals surface area (Å²) in [6.07, 6.45) is 80.1. The summed E-state index contributed by atoms with van der Waals surface area (Å²) in [6, 6.07) is 35.9. The molecule has 4 atom stereocenters. The molecule has 4 N–H and O–H groups in total. The summed E-state index contributed by atoms with van der Waals surface area (Å²) in [5, 5.41) is 0. The predicted molar refractivity (Wildman–Crippen MR) is 550 cm³/mol. The third-order valence-electron chi connectivity index (χ3n) is 30.2. The molecule has 8 aromatic carbocycles. The minimum Gasteiger partial charge on any atom is -0.453 e. The minimum absolute atomic E-state index is 0.0260. The maximum absolute atomic E-state index is 8.02. The highest BCUT2D eigenvalue weighted by atomic mass is 16.5. The molecule has 8 heterocycles. The van der Waals surface area contributed by atoms with Gasteiger partial charge in [0.2, 0.25) is 0 Å². The second-order valence-corrected chi connectivity index (χ2v) is 40.1. The molecule has 21 rings (SSSR count). The number of H-pyrrole nitrogens is 4. The number of nitrogens with one attached hydrogen (secondary N) is 4. The van der Waals surface area contributed by atoms with Gasteiger partial charge in [0, 0.05) is 141 Å². The van der Waals surface area contributed by atoms with E-state index in [1.807, 2.05) is 0 Å². The lowest BCUT2D eigenvalue weighted by Crippen LogP contribution is -2.13. The summed E-state index contributed by atoms with van der Waals surface area (Å²) in [5.74, 6) is 11.7. The SMILES string of the molecule is CCCCCCCCCCCC1c2cc3c4cc2Oc2cc5nc(C6C=CC=C6)[nH]c5cc2Oc2cc5c(cc21)C(CCCCCCCCCCC)c1cc2c(cc1Oc1cc6[nH]c(C7C=CC=C7)nc6cc1O5)Oc1cc5nc(C6C=CC=C6)[nH]c5cc1Oc1cc(c(cc1C2CCCCCCCCCCC)C3CCCCCCCCCCC)Oc1cc2[nH]c(C3C=CC=C3)nc2cc1O4. The zero-order chi connectivity index (χ0) is 91.6. The summed E-state index contributed by atoms with van der Waals surface area (Å²) < 4.78 is 64.1. The van der Waals surface area contributed by atoms with Crippen molar-refractivity contribution in [2.45, 2.75) is 332 Å². The number of benzene rings is 8. The van der Waals surface area contributed by atoms with E-state index in [1.165, 1.54) is 154 Å². The van der Waals surface area contributed by atoms with Gasteiger partial charge in [-0.25, -0.2) is 19.9 Å². The first-order valence-corrected chi connectivity index (χ1v) is 52.9. The average Bonchev–Trinajstić information content (AvgIpc) is 1.48. The molecule has 0 radical (unpaired) electrons. The number of aromatic amines is 4. The van der Waals surface area contributed by atoms with Crippen molar-refractivity contribution in [3.05, 3.63) is 262 Å². The quantitative estimate of drug-likeness (QED) is 0.0265. The maximum Gasteiger partial charge on any atom is 0.172 e. The monoisotopic (exact) mass is 1820 g/mol. The molecule has 0 spiro atoms. The average molecular weight is 1820 g/mol. The van der Waals surface area contributed by atoms with E-state index >= 15 is 0 Å². The van der Waals surface area contributed by atoms with Gasteiger partial charge in [0.25, 0.3) is 0 Å². The van der Waals surface area contributed by atoms with E-state index in [4.69, 9.17) is 57.8 Å². The number of unbranched alkanes of at least 4 members (excludes halogenated alkanes) is 32. The van der Waals surface area contributed by atoms with Gasteiger partial charge in [-0.15, -0.1) is 0 Å². The number of rotatable bonds is 44. The number of aromatic nitrogens is 8. The topological polar surface area (TPSA) is 189 Å². The third kappa shape index (κ3) is 19.8. The van der Waals surface area contributed by atoms with Crippen LogP contribution in [0, 0.1) is 0 Å². The highest BCUT2D eigenvalue weighted by Gasteiger charge is 2.41. The van der Waals surface area contributed by atoms with Crippen LogP contribution in [-0.2, 0) is 0 Å². The molecule has 8 bridgehead atoms. The molecule has 0 saturated heterocycles. The van der Waals surface area contributed by atoms with Gasteiger partial charge in [0.1, 0.15) is 69.3 Å². The Kier molecular flexibility index (Phi) is 28.1. The van der Waals surface area contributed by atoms with Gasteiger partial charge < -0.3 is 57.8 Å². The lowest BCUT2D eigenvalue weighted by molar-refractivity contribution is 0.401. The summed E-state index contributed by atoms with van der Waals surface area (Å²) in [7, 11) is 0. The molecule has 12 aromatic rings. The van der Waals surface area contributed by atoms with Crippen molar-refractivity contribution in [2.75, 3.05) is 0 Å². The van der Waals surface area contributed by atoms with Gasteiger partial charge in [-0.2, -0.15) is 0 Å². The van der Waals surface area contributed by atoms with Crippen molar-refractivity contribution in [3.8, 4) is 92.0 Å². The molecule has 0 saturated carbocycles. The van der Waals surface area contributed by atoms with Crippen LogP contribution in [0.25, 0.3) is 44.1 Å². The zero-order valence-electron chi connectivity index (χ0n) is 80.4. The fourth-order valence-corrected chi connectivity index (χ4v) is 22.6. The molecule has 9 aliphatic rings. The molecule has 4 unspecified atom stereocenters. The van der Waals surface area contributed by atoms with E-state index in [1.54, 1.807) is 0 Å². The molecular formula is C120H136N8O8. The molecule has 16 heteroatoms. The molecule has 4 aromatic heterocycles. The molecule has 0 amide bonds. The van der Waals surface area contributed by atoms with Crippen LogP contribution < -0.4 is 37.9 Å². The van der Waals surface area contributed by atoms with E-state index in [9.17, 15) is 0 Å². The van der Waals surface area contributed by atoms with Gasteiger partial charge in [0.15, 0.2) is 46.0 Å². The number of imidazole rings is 4. The smallest absolute Gasteiger partial charge is 0.172 e. The summed E-state index contributed by atoms with van der Waals surface area (Å²) in [6.45, 7) is 9.25. The first-order valence-electron chi connectivity index (χ1n) is 52.9. The Bertz CT molecular complexity index is 5480. The number of ether oxygens (including phenoxy) is 8. The van der Waals surface area contributed by atoms with Crippen LogP contribution in [0.3, 0.4) is 0 Å². The number of nitrogens with zero attached hydrogens (tertiary/aromatic N) is 4. The maximum atomic E-state index is 8.02. The van der Waals surface area contributed by atoms with Crippen LogP contribution in [0.5, 0.6) is 92.0 Å². The normalized spacial score (nSPS) is 17.4. The van der Waals surface area contributed by atoms with Crippen LogP contribution in [0.2, 0.25) is 0 Å². The second-order valence-electron chi connectivity index (χ2n) is 40.1. The predicted octanol–water partition coefficient (Wildman–Crippen LogP) is 36.1. The first-order chi connectivity index (χ1) is 67.2. The van der Waals surface area contributed by atoms with Crippen LogP contribution in [0.15, 0.2) is 194 Å². The summed E-state index contributed by atoms with van der Waals surface area (Å²) in [4.78, 5) is 36.7. The Morgan fingerprint density at radius 1 is 0.184 bits per heavy atom.